The number of anilines is 2. The topological polar surface area (TPSA) is 24.1 Å². The number of rotatable bonds is 4. The van der Waals surface area contributed by atoms with Gasteiger partial charge in [-0.05, 0) is 63.8 Å². The van der Waals surface area contributed by atoms with E-state index in [4.69, 9.17) is 0 Å². The first-order chi connectivity index (χ1) is 9.88. The smallest absolute Gasteiger partial charge is 0.0849 e. The van der Waals surface area contributed by atoms with Gasteiger partial charge in [0.25, 0.3) is 0 Å². The van der Waals surface area contributed by atoms with E-state index < -0.39 is 0 Å². The second-order valence-electron chi connectivity index (χ2n) is 6.08. The van der Waals surface area contributed by atoms with Crippen LogP contribution < -0.4 is 10.6 Å². The molecule has 0 bridgehead atoms. The molecule has 0 aliphatic rings. The van der Waals surface area contributed by atoms with E-state index in [1.54, 1.807) is 0 Å². The first-order valence-corrected chi connectivity index (χ1v) is 7.52. The molecule has 0 saturated carbocycles. The molecule has 21 heavy (non-hydrogen) atoms. The third-order valence-corrected chi connectivity index (χ3v) is 3.88. The van der Waals surface area contributed by atoms with Crippen LogP contribution >= 0.6 is 0 Å². The number of hydrogen-bond donors (Lipinski definition) is 2. The van der Waals surface area contributed by atoms with Gasteiger partial charge >= 0.3 is 0 Å². The lowest BCUT2D eigenvalue weighted by molar-refractivity contribution is 1.16. The van der Waals surface area contributed by atoms with Crippen LogP contribution in [0.5, 0.6) is 0 Å². The van der Waals surface area contributed by atoms with E-state index in [0.29, 0.717) is 0 Å². The van der Waals surface area contributed by atoms with Gasteiger partial charge in [0.05, 0.1) is 6.67 Å². The summed E-state index contributed by atoms with van der Waals surface area (Å²) in [6.45, 7) is 13.6. The Morgan fingerprint density at radius 3 is 1.14 bits per heavy atom. The van der Waals surface area contributed by atoms with Crippen LogP contribution in [-0.2, 0) is 0 Å². The van der Waals surface area contributed by atoms with Gasteiger partial charge in [0.2, 0.25) is 0 Å². The minimum Gasteiger partial charge on any atom is -0.368 e. The van der Waals surface area contributed by atoms with Crippen LogP contribution in [-0.4, -0.2) is 6.67 Å². The largest absolute Gasteiger partial charge is 0.368 e. The zero-order chi connectivity index (χ0) is 15.6. The highest BCUT2D eigenvalue weighted by atomic mass is 15.1. The first-order valence-electron chi connectivity index (χ1n) is 7.52. The Bertz CT molecular complexity index is 553. The predicted molar refractivity (Wildman–Crippen MR) is 93.4 cm³/mol. The fourth-order valence-electron chi connectivity index (χ4n) is 3.14. The maximum Gasteiger partial charge on any atom is 0.0849 e. The van der Waals surface area contributed by atoms with Gasteiger partial charge in [-0.3, -0.25) is 0 Å². The van der Waals surface area contributed by atoms with E-state index in [1.165, 1.54) is 44.8 Å². The van der Waals surface area contributed by atoms with Gasteiger partial charge in [-0.1, -0.05) is 35.4 Å². The Labute approximate surface area is 128 Å². The molecule has 2 N–H and O–H groups in total. The molecule has 2 aromatic carbocycles. The average Bonchev–Trinajstić information content (AvgIpc) is 2.34. The van der Waals surface area contributed by atoms with Gasteiger partial charge in [-0.15, -0.1) is 0 Å². The van der Waals surface area contributed by atoms with E-state index in [-0.39, 0.29) is 0 Å². The molecule has 0 aliphatic carbocycles. The molecule has 0 aliphatic heterocycles. The van der Waals surface area contributed by atoms with E-state index in [0.717, 1.165) is 6.67 Å². The second kappa shape index (κ2) is 6.21. The van der Waals surface area contributed by atoms with Crippen LogP contribution in [0, 0.1) is 41.5 Å². The summed E-state index contributed by atoms with van der Waals surface area (Å²) in [6, 6.07) is 8.88. The maximum atomic E-state index is 3.51. The fraction of sp³-hybridized carbons (Fsp3) is 0.368. The lowest BCUT2D eigenvalue weighted by Gasteiger charge is -2.17. The molecule has 112 valence electrons. The summed E-state index contributed by atoms with van der Waals surface area (Å²) >= 11 is 0. The SMILES string of the molecule is Cc1cc(C)c(NCNc2c(C)cc(C)cc2C)c(C)c1. The van der Waals surface area contributed by atoms with Crippen molar-refractivity contribution >= 4 is 11.4 Å². The van der Waals surface area contributed by atoms with Crippen molar-refractivity contribution in [2.24, 2.45) is 0 Å². The molecule has 2 heteroatoms. The molecule has 0 spiro atoms. The highest BCUT2D eigenvalue weighted by molar-refractivity contribution is 5.61. The summed E-state index contributed by atoms with van der Waals surface area (Å²) in [7, 11) is 0. The van der Waals surface area contributed by atoms with Crippen molar-refractivity contribution in [2.75, 3.05) is 17.3 Å². The Morgan fingerprint density at radius 2 is 0.857 bits per heavy atom. The first kappa shape index (κ1) is 15.4. The zero-order valence-electron chi connectivity index (χ0n) is 14.0. The fourth-order valence-corrected chi connectivity index (χ4v) is 3.14. The molecule has 0 atom stereocenters. The average molecular weight is 282 g/mol. The summed E-state index contributed by atoms with van der Waals surface area (Å²) in [6.07, 6.45) is 0. The van der Waals surface area contributed by atoms with Gasteiger partial charge < -0.3 is 10.6 Å². The van der Waals surface area contributed by atoms with Crippen LogP contribution in [0.15, 0.2) is 24.3 Å². The van der Waals surface area contributed by atoms with Gasteiger partial charge in [0, 0.05) is 11.4 Å². The van der Waals surface area contributed by atoms with Crippen LogP contribution in [0.2, 0.25) is 0 Å². The van der Waals surface area contributed by atoms with Crippen molar-refractivity contribution in [1.29, 1.82) is 0 Å². The Kier molecular flexibility index (Phi) is 4.56. The van der Waals surface area contributed by atoms with Gasteiger partial charge in [0.1, 0.15) is 0 Å². The summed E-state index contributed by atoms with van der Waals surface area (Å²) in [5.41, 5.74) is 10.3. The molecular formula is C19H26N2. The third kappa shape index (κ3) is 3.57. The van der Waals surface area contributed by atoms with Crippen molar-refractivity contribution in [1.82, 2.24) is 0 Å². The summed E-state index contributed by atoms with van der Waals surface area (Å²) < 4.78 is 0. The van der Waals surface area contributed by atoms with E-state index in [9.17, 15) is 0 Å². The summed E-state index contributed by atoms with van der Waals surface area (Å²) in [5, 5.41) is 7.03. The van der Waals surface area contributed by atoms with Crippen molar-refractivity contribution in [3.63, 3.8) is 0 Å². The Morgan fingerprint density at radius 1 is 0.571 bits per heavy atom. The maximum absolute atomic E-state index is 3.51. The van der Waals surface area contributed by atoms with Crippen molar-refractivity contribution in [3.05, 3.63) is 57.6 Å². The standard InChI is InChI=1S/C19H26N2/c1-12-7-14(3)18(15(4)8-12)20-11-21-19-16(5)9-13(2)10-17(19)6/h7-10,20-21H,11H2,1-6H3. The minimum absolute atomic E-state index is 0.732. The summed E-state index contributed by atoms with van der Waals surface area (Å²) in [5.74, 6) is 0. The molecule has 2 aromatic rings. The highest BCUT2D eigenvalue weighted by Gasteiger charge is 2.05. The number of nitrogens with one attached hydrogen (secondary N) is 2. The predicted octanol–water partition coefficient (Wildman–Crippen LogP) is 5.02. The lowest BCUT2D eigenvalue weighted by Crippen LogP contribution is -2.15. The van der Waals surface area contributed by atoms with Crippen molar-refractivity contribution in [3.8, 4) is 0 Å². The number of hydrogen-bond acceptors (Lipinski definition) is 2. The van der Waals surface area contributed by atoms with Crippen LogP contribution in [0.1, 0.15) is 33.4 Å². The molecule has 0 heterocycles. The molecule has 0 unspecified atom stereocenters. The monoisotopic (exact) mass is 282 g/mol. The molecular weight excluding hydrogens is 256 g/mol. The van der Waals surface area contributed by atoms with Crippen molar-refractivity contribution < 1.29 is 0 Å². The molecule has 0 radical (unpaired) electrons. The van der Waals surface area contributed by atoms with E-state index >= 15 is 0 Å². The summed E-state index contributed by atoms with van der Waals surface area (Å²) in [4.78, 5) is 0. The van der Waals surface area contributed by atoms with Gasteiger partial charge in [-0.25, -0.2) is 0 Å². The molecule has 2 nitrogen and oxygen atoms in total. The normalized spacial score (nSPS) is 10.6. The van der Waals surface area contributed by atoms with Crippen LogP contribution in [0.4, 0.5) is 11.4 Å². The third-order valence-electron chi connectivity index (χ3n) is 3.88. The Hall–Kier alpha value is -1.96. The highest BCUT2D eigenvalue weighted by Crippen LogP contribution is 2.24. The molecule has 0 amide bonds. The lowest BCUT2D eigenvalue weighted by atomic mass is 10.0. The number of benzene rings is 2. The second-order valence-corrected chi connectivity index (χ2v) is 6.08. The molecule has 0 saturated heterocycles. The van der Waals surface area contributed by atoms with Crippen LogP contribution in [0.25, 0.3) is 0 Å². The zero-order valence-corrected chi connectivity index (χ0v) is 14.0. The van der Waals surface area contributed by atoms with Crippen LogP contribution in [0.3, 0.4) is 0 Å². The van der Waals surface area contributed by atoms with Gasteiger partial charge in [-0.2, -0.15) is 0 Å². The molecule has 2 rings (SSSR count). The minimum atomic E-state index is 0.732. The molecule has 0 fully saturated rings. The van der Waals surface area contributed by atoms with E-state index in [2.05, 4.69) is 76.4 Å². The Balaban J connectivity index is 2.09. The van der Waals surface area contributed by atoms with Crippen molar-refractivity contribution in [2.45, 2.75) is 41.5 Å². The molecule has 0 aromatic heterocycles. The van der Waals surface area contributed by atoms with E-state index in [1.807, 2.05) is 0 Å². The van der Waals surface area contributed by atoms with Gasteiger partial charge in [0.15, 0.2) is 0 Å². The number of aryl methyl sites for hydroxylation is 6. The quantitative estimate of drug-likeness (QED) is 0.769.